The highest BCUT2D eigenvalue weighted by Gasteiger charge is 2.08. The van der Waals surface area contributed by atoms with E-state index in [9.17, 15) is 0 Å². The second kappa shape index (κ2) is 9.77. The van der Waals surface area contributed by atoms with E-state index in [0.717, 1.165) is 33.1 Å². The summed E-state index contributed by atoms with van der Waals surface area (Å²) in [4.78, 5) is 11.4. The minimum Gasteiger partial charge on any atom is -0.357 e. The molecule has 0 bridgehead atoms. The van der Waals surface area contributed by atoms with E-state index in [-0.39, 0.29) is 0 Å². The summed E-state index contributed by atoms with van der Waals surface area (Å²) in [6.45, 7) is 1.55. The van der Waals surface area contributed by atoms with Crippen molar-refractivity contribution in [3.63, 3.8) is 0 Å². The third kappa shape index (κ3) is 5.04. The molecule has 0 unspecified atom stereocenters. The summed E-state index contributed by atoms with van der Waals surface area (Å²) in [6, 6.07) is 29.3. The van der Waals surface area contributed by atoms with Gasteiger partial charge in [-0.05, 0) is 22.3 Å². The maximum atomic E-state index is 4.53. The normalized spacial score (nSPS) is 10.8. The van der Waals surface area contributed by atoms with Crippen molar-refractivity contribution in [3.05, 3.63) is 108 Å². The van der Waals surface area contributed by atoms with Gasteiger partial charge in [0.15, 0.2) is 10.3 Å². The predicted octanol–water partition coefficient (Wildman–Crippen LogP) is 7.16. The van der Waals surface area contributed by atoms with Crippen LogP contribution in [-0.4, -0.2) is 9.97 Å². The molecule has 0 amide bonds. The van der Waals surface area contributed by atoms with Crippen LogP contribution in [0.5, 0.6) is 0 Å². The van der Waals surface area contributed by atoms with Gasteiger partial charge in [-0.2, -0.15) is 0 Å². The van der Waals surface area contributed by atoms with E-state index in [1.54, 1.807) is 22.7 Å². The molecule has 5 rings (SSSR count). The zero-order chi connectivity index (χ0) is 21.6. The number of nitrogens with one attached hydrogen (secondary N) is 2. The number of benzene rings is 3. The highest BCUT2D eigenvalue weighted by atomic mass is 32.1. The Morgan fingerprint density at radius 2 is 0.938 bits per heavy atom. The molecule has 2 aromatic heterocycles. The monoisotopic (exact) mass is 454 g/mol. The summed E-state index contributed by atoms with van der Waals surface area (Å²) in [5.74, 6) is 0. The fraction of sp³-hybridized carbons (Fsp3) is 0.0769. The van der Waals surface area contributed by atoms with Gasteiger partial charge in [-0.15, -0.1) is 0 Å². The van der Waals surface area contributed by atoms with Crippen molar-refractivity contribution in [1.82, 2.24) is 9.97 Å². The fourth-order valence-electron chi connectivity index (χ4n) is 3.32. The lowest BCUT2D eigenvalue weighted by atomic mass is 10.1. The number of rotatable bonds is 8. The van der Waals surface area contributed by atoms with Crippen molar-refractivity contribution in [2.75, 3.05) is 10.6 Å². The van der Waals surface area contributed by atoms with Crippen LogP contribution in [0.2, 0.25) is 0 Å². The van der Waals surface area contributed by atoms with Crippen molar-refractivity contribution >= 4 is 32.9 Å². The van der Waals surface area contributed by atoms with Crippen molar-refractivity contribution < 1.29 is 0 Å². The molecule has 6 heteroatoms. The number of aromatic nitrogens is 2. The van der Waals surface area contributed by atoms with Crippen molar-refractivity contribution in [2.24, 2.45) is 0 Å². The van der Waals surface area contributed by atoms with Gasteiger partial charge < -0.3 is 10.6 Å². The van der Waals surface area contributed by atoms with Crippen molar-refractivity contribution in [2.45, 2.75) is 13.1 Å². The van der Waals surface area contributed by atoms with Crippen LogP contribution in [0, 0.1) is 0 Å². The molecule has 3 aromatic carbocycles. The Labute approximate surface area is 195 Å². The Bertz CT molecular complexity index is 1160. The highest BCUT2D eigenvalue weighted by Crippen LogP contribution is 2.33. The van der Waals surface area contributed by atoms with E-state index in [1.165, 1.54) is 22.3 Å². The van der Waals surface area contributed by atoms with E-state index >= 15 is 0 Å². The summed E-state index contributed by atoms with van der Waals surface area (Å²) in [6.07, 6.45) is 3.87. The fourth-order valence-corrected chi connectivity index (χ4v) is 4.96. The molecule has 0 saturated heterocycles. The number of nitrogens with zero attached hydrogens (tertiary/aromatic N) is 2. The lowest BCUT2D eigenvalue weighted by Crippen LogP contribution is -1.97. The van der Waals surface area contributed by atoms with Crippen LogP contribution < -0.4 is 10.6 Å². The lowest BCUT2D eigenvalue weighted by molar-refractivity contribution is 1.13. The molecule has 0 atom stereocenters. The van der Waals surface area contributed by atoms with Crippen LogP contribution in [0.15, 0.2) is 97.3 Å². The first kappa shape index (κ1) is 20.4. The van der Waals surface area contributed by atoms with Crippen molar-refractivity contribution in [1.29, 1.82) is 0 Å². The third-order valence-corrected chi connectivity index (χ3v) is 7.05. The molecule has 0 saturated carbocycles. The highest BCUT2D eigenvalue weighted by molar-refractivity contribution is 7.19. The van der Waals surface area contributed by atoms with Crippen LogP contribution in [-0.2, 0) is 13.1 Å². The smallest absolute Gasteiger partial charge is 0.183 e. The van der Waals surface area contributed by atoms with E-state index in [2.05, 4.69) is 93.4 Å². The minimum atomic E-state index is 0.777. The molecule has 4 nitrogen and oxygen atoms in total. The van der Waals surface area contributed by atoms with Gasteiger partial charge >= 0.3 is 0 Å². The van der Waals surface area contributed by atoms with Crippen LogP contribution in [0.3, 0.4) is 0 Å². The van der Waals surface area contributed by atoms with E-state index in [4.69, 9.17) is 0 Å². The first-order valence-electron chi connectivity index (χ1n) is 10.4. The molecule has 0 aliphatic heterocycles. The Hall–Kier alpha value is -3.48. The van der Waals surface area contributed by atoms with E-state index in [0.29, 0.717) is 0 Å². The lowest BCUT2D eigenvalue weighted by Gasteiger charge is -2.02. The average molecular weight is 455 g/mol. The molecule has 158 valence electrons. The Morgan fingerprint density at radius 3 is 1.34 bits per heavy atom. The molecule has 2 heterocycles. The van der Waals surface area contributed by atoms with Crippen molar-refractivity contribution in [3.8, 4) is 20.9 Å². The number of hydrogen-bond donors (Lipinski definition) is 2. The molecule has 0 aliphatic rings. The topological polar surface area (TPSA) is 49.8 Å². The van der Waals surface area contributed by atoms with Gasteiger partial charge in [-0.25, -0.2) is 9.97 Å². The second-order valence-corrected chi connectivity index (χ2v) is 9.38. The third-order valence-electron chi connectivity index (χ3n) is 5.04. The van der Waals surface area contributed by atoms with Gasteiger partial charge in [-0.3, -0.25) is 0 Å². The molecule has 2 N–H and O–H groups in total. The first-order valence-corrected chi connectivity index (χ1v) is 12.0. The number of anilines is 2. The number of hydrogen-bond acceptors (Lipinski definition) is 6. The number of thiazole rings is 2. The molecular formula is C26H22N4S2. The second-order valence-electron chi connectivity index (χ2n) is 7.31. The summed E-state index contributed by atoms with van der Waals surface area (Å²) in [5, 5.41) is 8.69. The van der Waals surface area contributed by atoms with Gasteiger partial charge in [0.05, 0.1) is 9.75 Å². The molecular weight excluding hydrogens is 432 g/mol. The Balaban J connectivity index is 1.21. The molecule has 0 aliphatic carbocycles. The van der Waals surface area contributed by atoms with E-state index < -0.39 is 0 Å². The summed E-state index contributed by atoms with van der Waals surface area (Å²) >= 11 is 3.35. The molecule has 0 spiro atoms. The SMILES string of the molecule is c1ccc(CNc2ncc(-c3ccc(-c4cnc(NCc5ccccc5)s4)cc3)s2)cc1. The van der Waals surface area contributed by atoms with Gasteiger partial charge in [-0.1, -0.05) is 108 Å². The summed E-state index contributed by atoms with van der Waals surface area (Å²) in [5.41, 5.74) is 4.84. The zero-order valence-electron chi connectivity index (χ0n) is 17.4. The van der Waals surface area contributed by atoms with Gasteiger partial charge in [0.25, 0.3) is 0 Å². The largest absolute Gasteiger partial charge is 0.357 e. The quantitative estimate of drug-likeness (QED) is 0.261. The maximum Gasteiger partial charge on any atom is 0.183 e. The van der Waals surface area contributed by atoms with E-state index in [1.807, 2.05) is 24.5 Å². The van der Waals surface area contributed by atoms with Gasteiger partial charge in [0.1, 0.15) is 0 Å². The van der Waals surface area contributed by atoms with Gasteiger partial charge in [0.2, 0.25) is 0 Å². The Kier molecular flexibility index (Phi) is 6.23. The zero-order valence-corrected chi connectivity index (χ0v) is 19.0. The first-order chi connectivity index (χ1) is 15.8. The molecule has 32 heavy (non-hydrogen) atoms. The minimum absolute atomic E-state index is 0.777. The average Bonchev–Trinajstić information content (AvgIpc) is 3.53. The van der Waals surface area contributed by atoms with Crippen LogP contribution in [0.1, 0.15) is 11.1 Å². The maximum absolute atomic E-state index is 4.53. The van der Waals surface area contributed by atoms with Crippen LogP contribution in [0.25, 0.3) is 20.9 Å². The van der Waals surface area contributed by atoms with Crippen LogP contribution >= 0.6 is 22.7 Å². The van der Waals surface area contributed by atoms with Crippen LogP contribution in [0.4, 0.5) is 10.3 Å². The molecule has 5 aromatic rings. The summed E-state index contributed by atoms with van der Waals surface area (Å²) < 4.78 is 0. The van der Waals surface area contributed by atoms with Gasteiger partial charge in [0, 0.05) is 25.5 Å². The Morgan fingerprint density at radius 1 is 0.531 bits per heavy atom. The molecule has 0 radical (unpaired) electrons. The summed E-state index contributed by atoms with van der Waals surface area (Å²) in [7, 11) is 0. The predicted molar refractivity (Wildman–Crippen MR) is 136 cm³/mol. The molecule has 0 fully saturated rings. The standard InChI is InChI=1S/C26H22N4S2/c1-3-7-19(8-4-1)15-27-25-29-17-23(31-25)21-11-13-22(14-12-21)24-18-30-26(32-24)28-16-20-9-5-2-6-10-20/h1-14,17-18H,15-16H2,(H,27,29)(H,28,30).